The second-order valence-corrected chi connectivity index (χ2v) is 12.1. The van der Waals surface area contributed by atoms with Crippen LogP contribution in [0.5, 0.6) is 0 Å². The van der Waals surface area contributed by atoms with Crippen LogP contribution in [-0.2, 0) is 13.1 Å². The number of rotatable bonds is 5. The van der Waals surface area contributed by atoms with Crippen LogP contribution in [0.1, 0.15) is 81.8 Å². The third-order valence-electron chi connectivity index (χ3n) is 7.98. The molecule has 0 radical (unpaired) electrons. The van der Waals surface area contributed by atoms with Gasteiger partial charge in [0.2, 0.25) is 0 Å². The fourth-order valence-corrected chi connectivity index (χ4v) is 7.05. The van der Waals surface area contributed by atoms with Crippen molar-refractivity contribution < 1.29 is 4.92 Å². The molecule has 1 saturated heterocycles. The first-order chi connectivity index (χ1) is 19.2. The molecular formula is C33H46Cl5N3O2S. The molecule has 0 amide bonds. The summed E-state index contributed by atoms with van der Waals surface area (Å²) in [6.45, 7) is 3.52. The van der Waals surface area contributed by atoms with E-state index in [4.69, 9.17) is 0 Å². The monoisotopic (exact) mass is 723 g/mol. The van der Waals surface area contributed by atoms with Crippen LogP contribution in [-0.4, -0.2) is 22.9 Å². The summed E-state index contributed by atoms with van der Waals surface area (Å²) >= 11 is 1.79. The van der Waals surface area contributed by atoms with Crippen molar-refractivity contribution >= 4 is 90.9 Å². The van der Waals surface area contributed by atoms with E-state index in [1.54, 1.807) is 23.9 Å². The molecule has 5 nitrogen and oxygen atoms in total. The van der Waals surface area contributed by atoms with E-state index in [1.807, 2.05) is 0 Å². The molecule has 3 aromatic carbocycles. The third kappa shape index (κ3) is 12.1. The van der Waals surface area contributed by atoms with Crippen LogP contribution in [0.15, 0.2) is 76.5 Å². The van der Waals surface area contributed by atoms with Gasteiger partial charge in [-0.15, -0.1) is 62.0 Å². The Morgan fingerprint density at radius 1 is 0.591 bits per heavy atom. The highest BCUT2D eigenvalue weighted by molar-refractivity contribution is 7.99. The van der Waals surface area contributed by atoms with Crippen molar-refractivity contribution in [3.63, 3.8) is 0 Å². The summed E-state index contributed by atoms with van der Waals surface area (Å²) in [5.41, 5.74) is 4.54. The summed E-state index contributed by atoms with van der Waals surface area (Å²) < 4.78 is 0. The Balaban J connectivity index is 0.00000370. The molecular weight excluding hydrogens is 680 g/mol. The van der Waals surface area contributed by atoms with Crippen molar-refractivity contribution in [3.05, 3.63) is 88.0 Å². The molecule has 0 unspecified atom stereocenters. The van der Waals surface area contributed by atoms with Gasteiger partial charge < -0.3 is 4.90 Å². The number of hydrogen-bond acceptors (Lipinski definition) is 5. The number of halogens is 5. The first-order valence-corrected chi connectivity index (χ1v) is 15.6. The molecule has 11 heteroatoms. The number of nitrogens with zero attached hydrogens (tertiary/aromatic N) is 3. The lowest BCUT2D eigenvalue weighted by Crippen LogP contribution is -2.26. The highest BCUT2D eigenvalue weighted by Gasteiger charge is 2.24. The molecule has 0 saturated carbocycles. The maximum Gasteiger partial charge on any atom is 0.270 e. The Morgan fingerprint density at radius 2 is 1.00 bits per heavy atom. The van der Waals surface area contributed by atoms with Crippen LogP contribution in [0, 0.1) is 10.1 Å². The second kappa shape index (κ2) is 22.2. The zero-order valence-electron chi connectivity index (χ0n) is 25.1. The lowest BCUT2D eigenvalue weighted by Gasteiger charge is -2.33. The van der Waals surface area contributed by atoms with E-state index in [9.17, 15) is 10.1 Å². The zero-order valence-corrected chi connectivity index (χ0v) is 30.0. The van der Waals surface area contributed by atoms with Gasteiger partial charge in [0.25, 0.3) is 5.69 Å². The van der Waals surface area contributed by atoms with Crippen molar-refractivity contribution in [3.8, 4) is 0 Å². The van der Waals surface area contributed by atoms with E-state index >= 15 is 0 Å². The van der Waals surface area contributed by atoms with Crippen molar-refractivity contribution in [2.24, 2.45) is 0 Å². The van der Waals surface area contributed by atoms with Crippen LogP contribution < -0.4 is 4.90 Å². The molecule has 2 aliphatic rings. The number of hydrogen-bond donors (Lipinski definition) is 0. The normalized spacial score (nSPS) is 15.6. The van der Waals surface area contributed by atoms with E-state index in [0.717, 1.165) is 42.1 Å². The average molecular weight is 726 g/mol. The van der Waals surface area contributed by atoms with Gasteiger partial charge >= 0.3 is 0 Å². The average Bonchev–Trinajstić information content (AvgIpc) is 2.95. The minimum absolute atomic E-state index is 0. The van der Waals surface area contributed by atoms with Gasteiger partial charge in [0.15, 0.2) is 0 Å². The summed E-state index contributed by atoms with van der Waals surface area (Å²) in [6.07, 6.45) is 14.5. The molecule has 2 aliphatic heterocycles. The molecule has 0 aromatic heterocycles. The molecule has 44 heavy (non-hydrogen) atoms. The Morgan fingerprint density at radius 3 is 1.45 bits per heavy atom. The first-order valence-electron chi connectivity index (χ1n) is 14.8. The van der Waals surface area contributed by atoms with Gasteiger partial charge in [0.1, 0.15) is 0 Å². The molecule has 5 rings (SSSR count). The summed E-state index contributed by atoms with van der Waals surface area (Å²) in [5, 5.41) is 12.0. The zero-order chi connectivity index (χ0) is 26.9. The smallest absolute Gasteiger partial charge is 0.270 e. The number of non-ortho nitro benzene ring substituents is 1. The molecule has 0 spiro atoms. The Kier molecular flexibility index (Phi) is 21.5. The topological polar surface area (TPSA) is 49.6 Å². The predicted molar refractivity (Wildman–Crippen MR) is 198 cm³/mol. The summed E-state index contributed by atoms with van der Waals surface area (Å²) in [5.74, 6) is 0. The maximum absolute atomic E-state index is 12.0. The van der Waals surface area contributed by atoms with Crippen LogP contribution in [0.3, 0.4) is 0 Å². The van der Waals surface area contributed by atoms with Crippen LogP contribution in [0.4, 0.5) is 17.1 Å². The molecule has 0 atom stereocenters. The SMILES string of the molecule is Cl.Cl.Cl.Cl.Cl.O=[N+]([O-])c1cc(CN2CCCCCCCCCCCCC2)cc(CN2c3ccccc3Sc3ccccc32)c1. The fourth-order valence-electron chi connectivity index (χ4n) is 5.96. The van der Waals surface area contributed by atoms with Crippen molar-refractivity contribution in [1.82, 2.24) is 4.90 Å². The van der Waals surface area contributed by atoms with Gasteiger partial charge in [-0.2, -0.15) is 0 Å². The van der Waals surface area contributed by atoms with Gasteiger partial charge in [-0.3, -0.25) is 15.0 Å². The van der Waals surface area contributed by atoms with E-state index in [1.165, 1.54) is 80.4 Å². The summed E-state index contributed by atoms with van der Waals surface area (Å²) in [4.78, 5) is 19.0. The molecule has 0 bridgehead atoms. The number of para-hydroxylation sites is 2. The van der Waals surface area contributed by atoms with Crippen molar-refractivity contribution in [2.75, 3.05) is 18.0 Å². The molecule has 246 valence electrons. The van der Waals surface area contributed by atoms with E-state index in [-0.39, 0.29) is 72.6 Å². The lowest BCUT2D eigenvalue weighted by molar-refractivity contribution is -0.385. The maximum atomic E-state index is 12.0. The lowest BCUT2D eigenvalue weighted by atomic mass is 10.0. The van der Waals surface area contributed by atoms with Crippen LogP contribution in [0.2, 0.25) is 0 Å². The van der Waals surface area contributed by atoms with E-state index in [2.05, 4.69) is 64.4 Å². The molecule has 0 aliphatic carbocycles. The van der Waals surface area contributed by atoms with Gasteiger partial charge in [-0.1, -0.05) is 99.9 Å². The van der Waals surface area contributed by atoms with Gasteiger partial charge in [-0.25, -0.2) is 0 Å². The number of anilines is 2. The van der Waals surface area contributed by atoms with Gasteiger partial charge in [-0.05, 0) is 61.3 Å². The van der Waals surface area contributed by atoms with Crippen LogP contribution in [0.25, 0.3) is 0 Å². The van der Waals surface area contributed by atoms with Crippen molar-refractivity contribution in [1.29, 1.82) is 0 Å². The number of benzene rings is 3. The molecule has 2 heterocycles. The fraction of sp³-hybridized carbons (Fsp3) is 0.455. The van der Waals surface area contributed by atoms with Gasteiger partial charge in [0, 0.05) is 35.0 Å². The minimum Gasteiger partial charge on any atom is -0.335 e. The number of nitro groups is 1. The Labute approximate surface area is 298 Å². The Hall–Kier alpha value is -1.38. The highest BCUT2D eigenvalue weighted by atomic mass is 35.5. The summed E-state index contributed by atoms with van der Waals surface area (Å²) in [6, 6.07) is 22.7. The second-order valence-electron chi connectivity index (χ2n) is 11.1. The number of fused-ring (bicyclic) bond motifs is 2. The predicted octanol–water partition coefficient (Wildman–Crippen LogP) is 11.6. The quantitative estimate of drug-likeness (QED) is 0.194. The highest BCUT2D eigenvalue weighted by Crippen LogP contribution is 2.48. The summed E-state index contributed by atoms with van der Waals surface area (Å²) in [7, 11) is 0. The van der Waals surface area contributed by atoms with E-state index < -0.39 is 0 Å². The standard InChI is InChI=1S/C33H41N3O2S.5ClH/c37-36(38)29-23-27(25-34-20-14-8-6-4-2-1-3-5-7-9-15-21-34)22-28(24-29)26-35-30-16-10-12-18-32(30)39-33-19-13-11-17-31(33)35;;;;;/h10-13,16-19,22-24H,1-9,14-15,20-21,25-26H2;5*1H. The van der Waals surface area contributed by atoms with Gasteiger partial charge in [0.05, 0.1) is 16.3 Å². The largest absolute Gasteiger partial charge is 0.335 e. The third-order valence-corrected chi connectivity index (χ3v) is 9.11. The Bertz CT molecular complexity index is 1210. The van der Waals surface area contributed by atoms with Crippen LogP contribution >= 0.6 is 73.8 Å². The van der Waals surface area contributed by atoms with Crippen molar-refractivity contribution in [2.45, 2.75) is 93.5 Å². The molecule has 0 N–H and O–H groups in total. The van der Waals surface area contributed by atoms with E-state index in [0.29, 0.717) is 6.54 Å². The minimum atomic E-state index is -0.232. The number of nitro benzene ring substituents is 1. The first kappa shape index (κ1) is 42.6. The molecule has 3 aromatic rings. The molecule has 1 fully saturated rings.